The molecule has 0 saturated carbocycles. The third-order valence-electron chi connectivity index (χ3n) is 5.16. The summed E-state index contributed by atoms with van der Waals surface area (Å²) in [5.74, 6) is -0.309. The summed E-state index contributed by atoms with van der Waals surface area (Å²) in [7, 11) is 0. The number of imidazole rings is 1. The van der Waals surface area contributed by atoms with Crippen molar-refractivity contribution in [2.45, 2.75) is 13.3 Å². The minimum Gasteiger partial charge on any atom is -0.505 e. The van der Waals surface area contributed by atoms with Gasteiger partial charge >= 0.3 is 0 Å². The summed E-state index contributed by atoms with van der Waals surface area (Å²) >= 11 is 0. The van der Waals surface area contributed by atoms with E-state index >= 15 is 0 Å². The first kappa shape index (κ1) is 18.9. The fourth-order valence-electron chi connectivity index (χ4n) is 3.67. The molecule has 0 aliphatic heterocycles. The monoisotopic (exact) mass is 410 g/mol. The number of benzene rings is 2. The number of rotatable bonds is 4. The summed E-state index contributed by atoms with van der Waals surface area (Å²) in [6, 6.07) is 20.1. The van der Waals surface area contributed by atoms with Gasteiger partial charge in [-0.05, 0) is 55.0 Å². The Morgan fingerprint density at radius 1 is 0.968 bits per heavy atom. The van der Waals surface area contributed by atoms with Crippen molar-refractivity contribution in [3.05, 3.63) is 95.8 Å². The van der Waals surface area contributed by atoms with Gasteiger partial charge in [0.1, 0.15) is 5.82 Å². The van der Waals surface area contributed by atoms with E-state index in [2.05, 4.69) is 21.0 Å². The molecule has 0 spiro atoms. The Morgan fingerprint density at radius 3 is 2.71 bits per heavy atom. The molecule has 0 amide bonds. The Kier molecular flexibility index (Phi) is 4.67. The van der Waals surface area contributed by atoms with Crippen LogP contribution in [0.15, 0.2) is 72.9 Å². The van der Waals surface area contributed by atoms with Gasteiger partial charge < -0.3 is 10.1 Å². The van der Waals surface area contributed by atoms with Crippen LogP contribution in [0.1, 0.15) is 17.1 Å². The molecule has 0 fully saturated rings. The van der Waals surface area contributed by atoms with Gasteiger partial charge in [-0.25, -0.2) is 9.37 Å². The molecule has 152 valence electrons. The van der Waals surface area contributed by atoms with Gasteiger partial charge in [0.05, 0.1) is 22.6 Å². The molecule has 6 heteroatoms. The predicted octanol–water partition coefficient (Wildman–Crippen LogP) is 5.43. The Bertz CT molecular complexity index is 1410. The van der Waals surface area contributed by atoms with Gasteiger partial charge in [0.15, 0.2) is 11.6 Å². The van der Waals surface area contributed by atoms with Crippen LogP contribution in [0.2, 0.25) is 0 Å². The highest BCUT2D eigenvalue weighted by Crippen LogP contribution is 2.32. The van der Waals surface area contributed by atoms with Crippen molar-refractivity contribution < 1.29 is 9.50 Å². The molecule has 0 radical (unpaired) electrons. The zero-order valence-electron chi connectivity index (χ0n) is 16.8. The average molecular weight is 410 g/mol. The fourth-order valence-corrected chi connectivity index (χ4v) is 3.67. The molecular weight excluding hydrogens is 391 g/mol. The molecule has 0 bridgehead atoms. The lowest BCUT2D eigenvalue weighted by Gasteiger charge is -2.05. The second-order valence-electron chi connectivity index (χ2n) is 7.44. The zero-order valence-corrected chi connectivity index (χ0v) is 16.8. The molecule has 5 aromatic rings. The summed E-state index contributed by atoms with van der Waals surface area (Å²) in [5, 5.41) is 10.7. The Morgan fingerprint density at radius 2 is 1.87 bits per heavy atom. The van der Waals surface area contributed by atoms with Crippen LogP contribution in [-0.2, 0) is 6.42 Å². The normalized spacial score (nSPS) is 11.2. The van der Waals surface area contributed by atoms with Gasteiger partial charge in [0.2, 0.25) is 0 Å². The van der Waals surface area contributed by atoms with Crippen molar-refractivity contribution in [1.82, 2.24) is 19.9 Å². The molecule has 2 aromatic carbocycles. The summed E-state index contributed by atoms with van der Waals surface area (Å²) in [5.41, 5.74) is 5.92. The highest BCUT2D eigenvalue weighted by molar-refractivity contribution is 5.86. The third-order valence-corrected chi connectivity index (χ3v) is 5.16. The molecule has 0 atom stereocenters. The van der Waals surface area contributed by atoms with E-state index in [-0.39, 0.29) is 5.75 Å². The second-order valence-corrected chi connectivity index (χ2v) is 7.44. The van der Waals surface area contributed by atoms with Crippen molar-refractivity contribution in [3.8, 4) is 28.4 Å². The Balaban J connectivity index is 1.63. The van der Waals surface area contributed by atoms with E-state index in [1.807, 2.05) is 49.4 Å². The van der Waals surface area contributed by atoms with E-state index in [4.69, 9.17) is 4.98 Å². The highest BCUT2D eigenvalue weighted by atomic mass is 19.1. The van der Waals surface area contributed by atoms with E-state index < -0.39 is 5.82 Å². The molecule has 0 saturated heterocycles. The minimum absolute atomic E-state index is 0.369. The number of nitrogens with one attached hydrogen (secondary N) is 1. The van der Waals surface area contributed by atoms with Crippen molar-refractivity contribution in [3.63, 3.8) is 0 Å². The molecule has 0 unspecified atom stereocenters. The first-order valence-corrected chi connectivity index (χ1v) is 9.92. The summed E-state index contributed by atoms with van der Waals surface area (Å²) in [4.78, 5) is 17.3. The minimum atomic E-state index is -0.640. The average Bonchev–Trinajstić information content (AvgIpc) is 3.20. The number of aromatic amines is 1. The SMILES string of the molecule is Cc1cccc(-c2[nH]c(Cc3ccc(F)c(O)c3)nc2-c2ccc3ncccc3c2)n1. The van der Waals surface area contributed by atoms with Gasteiger partial charge in [-0.3, -0.25) is 9.97 Å². The van der Waals surface area contributed by atoms with Crippen molar-refractivity contribution in [2.24, 2.45) is 0 Å². The number of phenolic OH excluding ortho intramolecular Hbond substituents is 1. The van der Waals surface area contributed by atoms with Gasteiger partial charge in [-0.15, -0.1) is 0 Å². The number of halogens is 1. The summed E-state index contributed by atoms with van der Waals surface area (Å²) in [6.45, 7) is 1.95. The second kappa shape index (κ2) is 7.65. The predicted molar refractivity (Wildman–Crippen MR) is 118 cm³/mol. The van der Waals surface area contributed by atoms with E-state index in [9.17, 15) is 9.50 Å². The van der Waals surface area contributed by atoms with E-state index in [1.54, 1.807) is 12.3 Å². The Hall–Kier alpha value is -4.06. The number of aryl methyl sites for hydroxylation is 1. The molecule has 0 aliphatic rings. The quantitative estimate of drug-likeness (QED) is 0.414. The molecule has 0 aliphatic carbocycles. The molecule has 2 N–H and O–H groups in total. The standard InChI is InChI=1S/C25H19FN4O/c1-15-4-2-6-21(28-15)25-24(18-8-10-20-17(14-18)5-3-11-27-20)29-23(30-25)13-16-7-9-19(26)22(31)12-16/h2-12,14,31H,13H2,1H3,(H,29,30). The Labute approximate surface area is 178 Å². The summed E-state index contributed by atoms with van der Waals surface area (Å²) < 4.78 is 13.4. The van der Waals surface area contributed by atoms with Crippen LogP contribution < -0.4 is 0 Å². The number of hydrogen-bond donors (Lipinski definition) is 2. The lowest BCUT2D eigenvalue weighted by molar-refractivity contribution is 0.431. The molecule has 3 aromatic heterocycles. The lowest BCUT2D eigenvalue weighted by Crippen LogP contribution is -1.92. The number of phenols is 1. The van der Waals surface area contributed by atoms with Crippen LogP contribution in [0.25, 0.3) is 33.5 Å². The van der Waals surface area contributed by atoms with Gasteiger partial charge in [0, 0.05) is 29.3 Å². The number of pyridine rings is 2. The van der Waals surface area contributed by atoms with Crippen molar-refractivity contribution in [2.75, 3.05) is 0 Å². The van der Waals surface area contributed by atoms with E-state index in [0.29, 0.717) is 12.2 Å². The van der Waals surface area contributed by atoms with Gasteiger partial charge in [-0.2, -0.15) is 0 Å². The van der Waals surface area contributed by atoms with Crippen LogP contribution >= 0.6 is 0 Å². The smallest absolute Gasteiger partial charge is 0.164 e. The maximum Gasteiger partial charge on any atom is 0.164 e. The van der Waals surface area contributed by atoms with Crippen LogP contribution in [-0.4, -0.2) is 25.0 Å². The number of fused-ring (bicyclic) bond motifs is 1. The van der Waals surface area contributed by atoms with Crippen LogP contribution in [0.3, 0.4) is 0 Å². The highest BCUT2D eigenvalue weighted by Gasteiger charge is 2.16. The molecule has 31 heavy (non-hydrogen) atoms. The van der Waals surface area contributed by atoms with Crippen LogP contribution in [0.5, 0.6) is 5.75 Å². The first-order valence-electron chi connectivity index (χ1n) is 9.92. The third kappa shape index (κ3) is 3.75. The van der Waals surface area contributed by atoms with Gasteiger partial charge in [0.25, 0.3) is 0 Å². The number of nitrogens with zero attached hydrogens (tertiary/aromatic N) is 3. The lowest BCUT2D eigenvalue weighted by atomic mass is 10.1. The number of aromatic nitrogens is 4. The molecular formula is C25H19FN4O. The molecule has 3 heterocycles. The molecule has 5 rings (SSSR count). The van der Waals surface area contributed by atoms with Crippen LogP contribution in [0, 0.1) is 12.7 Å². The number of hydrogen-bond acceptors (Lipinski definition) is 4. The van der Waals surface area contributed by atoms with Crippen molar-refractivity contribution >= 4 is 10.9 Å². The van der Waals surface area contributed by atoms with Gasteiger partial charge in [-0.1, -0.05) is 24.3 Å². The zero-order chi connectivity index (χ0) is 21.4. The van der Waals surface area contributed by atoms with E-state index in [1.165, 1.54) is 12.1 Å². The number of aromatic hydroxyl groups is 1. The fraction of sp³-hybridized carbons (Fsp3) is 0.0800. The largest absolute Gasteiger partial charge is 0.505 e. The molecule has 5 nitrogen and oxygen atoms in total. The topological polar surface area (TPSA) is 74.7 Å². The van der Waals surface area contributed by atoms with Crippen molar-refractivity contribution in [1.29, 1.82) is 0 Å². The van der Waals surface area contributed by atoms with E-state index in [0.717, 1.165) is 44.8 Å². The maximum atomic E-state index is 13.4. The van der Waals surface area contributed by atoms with Crippen LogP contribution in [0.4, 0.5) is 4.39 Å². The first-order chi connectivity index (χ1) is 15.1. The maximum absolute atomic E-state index is 13.4. The number of H-pyrrole nitrogens is 1. The summed E-state index contributed by atoms with van der Waals surface area (Å²) in [6.07, 6.45) is 2.19.